The second-order valence-electron chi connectivity index (χ2n) is 6.64. The fraction of sp³-hybridized carbons (Fsp3) is 0.789. The first kappa shape index (κ1) is 19.8. The van der Waals surface area contributed by atoms with Crippen LogP contribution in [0.15, 0.2) is 16.6 Å². The van der Waals surface area contributed by atoms with Gasteiger partial charge in [0.1, 0.15) is 0 Å². The SMILES string of the molecule is CCNC(=NCCC1=CCOCC1)NC1CCC(C(=O)OCC)CC1. The van der Waals surface area contributed by atoms with Crippen LogP contribution < -0.4 is 10.6 Å². The summed E-state index contributed by atoms with van der Waals surface area (Å²) >= 11 is 0. The predicted molar refractivity (Wildman–Crippen MR) is 99.6 cm³/mol. The smallest absolute Gasteiger partial charge is 0.308 e. The van der Waals surface area contributed by atoms with E-state index < -0.39 is 0 Å². The van der Waals surface area contributed by atoms with E-state index in [1.54, 1.807) is 0 Å². The Hall–Kier alpha value is -1.56. The highest BCUT2D eigenvalue weighted by Crippen LogP contribution is 2.25. The molecule has 6 heteroatoms. The minimum Gasteiger partial charge on any atom is -0.466 e. The molecule has 0 aromatic rings. The number of carbonyl (C=O) groups excluding carboxylic acids is 1. The quantitative estimate of drug-likeness (QED) is 0.319. The highest BCUT2D eigenvalue weighted by Gasteiger charge is 2.27. The Morgan fingerprint density at radius 3 is 2.76 bits per heavy atom. The van der Waals surface area contributed by atoms with Crippen molar-refractivity contribution < 1.29 is 14.3 Å². The van der Waals surface area contributed by atoms with Crippen molar-refractivity contribution in [1.29, 1.82) is 0 Å². The molecule has 142 valence electrons. The lowest BCUT2D eigenvalue weighted by Gasteiger charge is -2.29. The van der Waals surface area contributed by atoms with E-state index in [0.29, 0.717) is 12.6 Å². The molecule has 1 aliphatic heterocycles. The molecule has 2 aliphatic rings. The Kier molecular flexibility index (Phi) is 8.80. The maximum Gasteiger partial charge on any atom is 0.308 e. The number of aliphatic imine (C=N–C) groups is 1. The third-order valence-electron chi connectivity index (χ3n) is 4.79. The molecule has 0 amide bonds. The second-order valence-corrected chi connectivity index (χ2v) is 6.64. The molecule has 2 N–H and O–H groups in total. The summed E-state index contributed by atoms with van der Waals surface area (Å²) in [6, 6.07) is 0.380. The van der Waals surface area contributed by atoms with E-state index in [2.05, 4.69) is 23.6 Å². The van der Waals surface area contributed by atoms with Gasteiger partial charge in [-0.1, -0.05) is 11.6 Å². The second kappa shape index (κ2) is 11.1. The van der Waals surface area contributed by atoms with Gasteiger partial charge in [-0.3, -0.25) is 9.79 Å². The fourth-order valence-corrected chi connectivity index (χ4v) is 3.35. The lowest BCUT2D eigenvalue weighted by molar-refractivity contribution is -0.149. The lowest BCUT2D eigenvalue weighted by Crippen LogP contribution is -2.45. The molecule has 0 aromatic heterocycles. The van der Waals surface area contributed by atoms with Crippen LogP contribution >= 0.6 is 0 Å². The molecule has 6 nitrogen and oxygen atoms in total. The minimum atomic E-state index is -0.0359. The van der Waals surface area contributed by atoms with E-state index in [9.17, 15) is 4.79 Å². The Morgan fingerprint density at radius 2 is 2.12 bits per heavy atom. The normalized spacial score (nSPS) is 24.4. The van der Waals surface area contributed by atoms with Crippen LogP contribution in [0, 0.1) is 5.92 Å². The standard InChI is InChI=1S/C19H33N3O3/c1-3-20-19(21-12-9-15-10-13-24-14-11-15)22-17-7-5-16(6-8-17)18(23)25-4-2/h10,16-17H,3-9,11-14H2,1-2H3,(H2,20,21,22). The van der Waals surface area contributed by atoms with Gasteiger partial charge in [0.2, 0.25) is 0 Å². The van der Waals surface area contributed by atoms with Crippen molar-refractivity contribution in [3.05, 3.63) is 11.6 Å². The van der Waals surface area contributed by atoms with Gasteiger partial charge >= 0.3 is 5.97 Å². The number of guanidine groups is 1. The van der Waals surface area contributed by atoms with Gasteiger partial charge in [0.25, 0.3) is 0 Å². The highest BCUT2D eigenvalue weighted by atomic mass is 16.5. The molecule has 0 saturated heterocycles. The van der Waals surface area contributed by atoms with Gasteiger partial charge in [-0.15, -0.1) is 0 Å². The first-order valence-corrected chi connectivity index (χ1v) is 9.70. The zero-order chi connectivity index (χ0) is 17.9. The van der Waals surface area contributed by atoms with Crippen molar-refractivity contribution in [2.75, 3.05) is 32.9 Å². The molecule has 0 bridgehead atoms. The number of nitrogens with one attached hydrogen (secondary N) is 2. The van der Waals surface area contributed by atoms with Crippen LogP contribution in [0.5, 0.6) is 0 Å². The van der Waals surface area contributed by atoms with E-state index in [1.165, 1.54) is 5.57 Å². The van der Waals surface area contributed by atoms with Gasteiger partial charge in [-0.2, -0.15) is 0 Å². The van der Waals surface area contributed by atoms with Crippen molar-refractivity contribution in [2.45, 2.75) is 58.4 Å². The molecule has 1 heterocycles. The molecule has 25 heavy (non-hydrogen) atoms. The maximum absolute atomic E-state index is 11.8. The molecule has 0 aromatic carbocycles. The van der Waals surface area contributed by atoms with Crippen LogP contribution in [-0.4, -0.2) is 50.9 Å². The Morgan fingerprint density at radius 1 is 1.32 bits per heavy atom. The maximum atomic E-state index is 11.8. The van der Waals surface area contributed by atoms with Crippen molar-refractivity contribution in [1.82, 2.24) is 10.6 Å². The summed E-state index contributed by atoms with van der Waals surface area (Å²) in [5.74, 6) is 0.916. The first-order chi connectivity index (χ1) is 12.2. The van der Waals surface area contributed by atoms with Crippen molar-refractivity contribution in [2.24, 2.45) is 10.9 Å². The molecule has 2 rings (SSSR count). The van der Waals surface area contributed by atoms with E-state index in [0.717, 1.165) is 70.8 Å². The molecular formula is C19H33N3O3. The zero-order valence-electron chi connectivity index (χ0n) is 15.7. The topological polar surface area (TPSA) is 72.0 Å². The van der Waals surface area contributed by atoms with Crippen molar-refractivity contribution in [3.63, 3.8) is 0 Å². The number of esters is 1. The third kappa shape index (κ3) is 7.06. The Balaban J connectivity index is 1.76. The highest BCUT2D eigenvalue weighted by molar-refractivity contribution is 5.80. The summed E-state index contributed by atoms with van der Waals surface area (Å²) in [4.78, 5) is 16.5. The first-order valence-electron chi connectivity index (χ1n) is 9.70. The van der Waals surface area contributed by atoms with Gasteiger partial charge in [-0.25, -0.2) is 0 Å². The molecule has 1 fully saturated rings. The molecule has 1 saturated carbocycles. The molecule has 0 spiro atoms. The Labute approximate surface area is 151 Å². The molecule has 1 aliphatic carbocycles. The lowest BCUT2D eigenvalue weighted by atomic mass is 9.86. The summed E-state index contributed by atoms with van der Waals surface area (Å²) in [6.45, 7) is 7.62. The van der Waals surface area contributed by atoms with Gasteiger partial charge in [0.15, 0.2) is 5.96 Å². The summed E-state index contributed by atoms with van der Waals surface area (Å²) < 4.78 is 10.5. The fourth-order valence-electron chi connectivity index (χ4n) is 3.35. The Bertz CT molecular complexity index is 469. The van der Waals surface area contributed by atoms with Gasteiger partial charge in [-0.05, 0) is 52.4 Å². The van der Waals surface area contributed by atoms with E-state index >= 15 is 0 Å². The van der Waals surface area contributed by atoms with Crippen LogP contribution in [0.1, 0.15) is 52.4 Å². The van der Waals surface area contributed by atoms with E-state index in [4.69, 9.17) is 14.5 Å². The van der Waals surface area contributed by atoms with Crippen LogP contribution in [0.4, 0.5) is 0 Å². The van der Waals surface area contributed by atoms with Crippen molar-refractivity contribution in [3.8, 4) is 0 Å². The van der Waals surface area contributed by atoms with E-state index in [1.807, 2.05) is 6.92 Å². The summed E-state index contributed by atoms with van der Waals surface area (Å²) in [5.41, 5.74) is 1.45. The largest absolute Gasteiger partial charge is 0.466 e. The van der Waals surface area contributed by atoms with Crippen LogP contribution in [-0.2, 0) is 14.3 Å². The monoisotopic (exact) mass is 351 g/mol. The van der Waals surface area contributed by atoms with E-state index in [-0.39, 0.29) is 11.9 Å². The number of nitrogens with zero attached hydrogens (tertiary/aromatic N) is 1. The number of ether oxygens (including phenoxy) is 2. The summed E-state index contributed by atoms with van der Waals surface area (Å²) in [5, 5.41) is 6.85. The third-order valence-corrected chi connectivity index (χ3v) is 4.79. The molecule has 0 unspecified atom stereocenters. The molecule has 0 radical (unpaired) electrons. The number of carbonyl (C=O) groups is 1. The summed E-state index contributed by atoms with van der Waals surface area (Å²) in [6.07, 6.45) is 7.95. The number of hydrogen-bond acceptors (Lipinski definition) is 4. The van der Waals surface area contributed by atoms with Crippen LogP contribution in [0.2, 0.25) is 0 Å². The average Bonchev–Trinajstić information content (AvgIpc) is 2.63. The van der Waals surface area contributed by atoms with Crippen molar-refractivity contribution >= 4 is 11.9 Å². The molecule has 0 atom stereocenters. The zero-order valence-corrected chi connectivity index (χ0v) is 15.7. The van der Waals surface area contributed by atoms with Crippen LogP contribution in [0.3, 0.4) is 0 Å². The average molecular weight is 351 g/mol. The van der Waals surface area contributed by atoms with Gasteiger partial charge in [0.05, 0.1) is 25.7 Å². The van der Waals surface area contributed by atoms with Gasteiger partial charge < -0.3 is 20.1 Å². The number of hydrogen-bond donors (Lipinski definition) is 2. The summed E-state index contributed by atoms with van der Waals surface area (Å²) in [7, 11) is 0. The molecular weight excluding hydrogens is 318 g/mol. The number of rotatable bonds is 7. The predicted octanol–water partition coefficient (Wildman–Crippen LogP) is 2.40. The minimum absolute atomic E-state index is 0.0359. The van der Waals surface area contributed by atoms with Gasteiger partial charge in [0, 0.05) is 19.1 Å². The van der Waals surface area contributed by atoms with Crippen LogP contribution in [0.25, 0.3) is 0 Å².